The summed E-state index contributed by atoms with van der Waals surface area (Å²) in [6, 6.07) is 20.5. The van der Waals surface area contributed by atoms with Gasteiger partial charge < -0.3 is 15.3 Å². The average Bonchev–Trinajstić information content (AvgIpc) is 3.19. The first kappa shape index (κ1) is 20.9. The van der Waals surface area contributed by atoms with E-state index in [9.17, 15) is 15.3 Å². The van der Waals surface area contributed by atoms with Gasteiger partial charge in [0.25, 0.3) is 0 Å². The zero-order chi connectivity index (χ0) is 21.8. The monoisotopic (exact) mass is 495 g/mol. The van der Waals surface area contributed by atoms with Crippen LogP contribution in [0.3, 0.4) is 0 Å². The average molecular weight is 496 g/mol. The first-order valence-electron chi connectivity index (χ1n) is 9.32. The Morgan fingerprint density at radius 1 is 0.903 bits per heavy atom. The van der Waals surface area contributed by atoms with Crippen molar-refractivity contribution < 1.29 is 15.3 Å². The van der Waals surface area contributed by atoms with Crippen LogP contribution in [0.25, 0.3) is 11.3 Å². The standard InChI is InChI=1S/C23H18BrN3O3S/c24-18-9-5-4-8-17(18)19-14-31-23(25-12-15-6-2-1-3-7-15)27(19)26-13-16-10-11-20(28)22(30)21(16)29/h1-11,13-14,28-30H,12H2. The molecule has 0 aliphatic heterocycles. The number of hydrogen-bond donors (Lipinski definition) is 3. The summed E-state index contributed by atoms with van der Waals surface area (Å²) in [6.07, 6.45) is 1.42. The van der Waals surface area contributed by atoms with Crippen molar-refractivity contribution >= 4 is 33.5 Å². The Morgan fingerprint density at radius 3 is 2.42 bits per heavy atom. The minimum Gasteiger partial charge on any atom is -0.504 e. The minimum atomic E-state index is -0.584. The molecule has 0 atom stereocenters. The summed E-state index contributed by atoms with van der Waals surface area (Å²) >= 11 is 5.04. The molecule has 0 amide bonds. The number of aromatic hydroxyl groups is 3. The van der Waals surface area contributed by atoms with Crippen LogP contribution < -0.4 is 4.80 Å². The molecule has 1 heterocycles. The van der Waals surface area contributed by atoms with Crippen molar-refractivity contribution in [3.05, 3.63) is 92.5 Å². The molecule has 0 fully saturated rings. The van der Waals surface area contributed by atoms with Gasteiger partial charge >= 0.3 is 0 Å². The maximum atomic E-state index is 10.1. The molecule has 4 aromatic rings. The largest absolute Gasteiger partial charge is 0.504 e. The number of hydrogen-bond acceptors (Lipinski definition) is 6. The van der Waals surface area contributed by atoms with E-state index in [1.807, 2.05) is 60.0 Å². The van der Waals surface area contributed by atoms with Gasteiger partial charge in [-0.1, -0.05) is 64.5 Å². The predicted molar refractivity (Wildman–Crippen MR) is 126 cm³/mol. The Kier molecular flexibility index (Phi) is 6.20. The molecule has 3 N–H and O–H groups in total. The molecule has 156 valence electrons. The van der Waals surface area contributed by atoms with Gasteiger partial charge in [-0.15, -0.1) is 11.3 Å². The fraction of sp³-hybridized carbons (Fsp3) is 0.0435. The van der Waals surface area contributed by atoms with Crippen LogP contribution in [0.5, 0.6) is 17.2 Å². The number of phenols is 3. The lowest BCUT2D eigenvalue weighted by atomic mass is 10.2. The number of aromatic nitrogens is 1. The third-order valence-corrected chi connectivity index (χ3v) is 6.09. The molecule has 31 heavy (non-hydrogen) atoms. The van der Waals surface area contributed by atoms with Crippen LogP contribution in [0.15, 0.2) is 86.7 Å². The van der Waals surface area contributed by atoms with Crippen molar-refractivity contribution in [2.45, 2.75) is 6.54 Å². The highest BCUT2D eigenvalue weighted by Gasteiger charge is 2.12. The van der Waals surface area contributed by atoms with E-state index in [-0.39, 0.29) is 5.56 Å². The second-order valence-corrected chi connectivity index (χ2v) is 8.30. The molecular formula is C23H18BrN3O3S. The summed E-state index contributed by atoms with van der Waals surface area (Å²) in [4.78, 5) is 5.39. The molecule has 3 aromatic carbocycles. The molecule has 0 radical (unpaired) electrons. The highest BCUT2D eigenvalue weighted by molar-refractivity contribution is 9.10. The normalized spacial score (nSPS) is 12.0. The van der Waals surface area contributed by atoms with E-state index in [1.165, 1.54) is 29.7 Å². The van der Waals surface area contributed by atoms with Crippen molar-refractivity contribution in [1.29, 1.82) is 0 Å². The van der Waals surface area contributed by atoms with Crippen molar-refractivity contribution in [2.75, 3.05) is 0 Å². The van der Waals surface area contributed by atoms with Gasteiger partial charge in [0, 0.05) is 21.0 Å². The summed E-state index contributed by atoms with van der Waals surface area (Å²) in [5, 5.41) is 36.0. The minimum absolute atomic E-state index is 0.265. The molecule has 6 nitrogen and oxygen atoms in total. The van der Waals surface area contributed by atoms with Gasteiger partial charge in [-0.3, -0.25) is 4.99 Å². The number of thiazole rings is 1. The van der Waals surface area contributed by atoms with Gasteiger partial charge in [0.05, 0.1) is 18.5 Å². The quantitative estimate of drug-likeness (QED) is 0.266. The lowest BCUT2D eigenvalue weighted by molar-refractivity contribution is 0.367. The van der Waals surface area contributed by atoms with E-state index < -0.39 is 17.2 Å². The predicted octanol–water partition coefficient (Wildman–Crippen LogP) is 5.08. The van der Waals surface area contributed by atoms with E-state index >= 15 is 0 Å². The van der Waals surface area contributed by atoms with Crippen LogP contribution in [0.4, 0.5) is 0 Å². The van der Waals surface area contributed by atoms with Gasteiger partial charge in [-0.25, -0.2) is 4.68 Å². The Bertz CT molecular complexity index is 1310. The van der Waals surface area contributed by atoms with E-state index in [0.29, 0.717) is 11.3 Å². The van der Waals surface area contributed by atoms with Crippen LogP contribution in [-0.2, 0) is 6.54 Å². The first-order valence-corrected chi connectivity index (χ1v) is 11.0. The summed E-state index contributed by atoms with van der Waals surface area (Å²) in [5.41, 5.74) is 3.11. The molecule has 0 bridgehead atoms. The van der Waals surface area contributed by atoms with Crippen molar-refractivity contribution in [2.24, 2.45) is 10.1 Å². The molecular weight excluding hydrogens is 478 g/mol. The number of halogens is 1. The number of nitrogens with zero attached hydrogens (tertiary/aromatic N) is 3. The lowest BCUT2D eigenvalue weighted by Gasteiger charge is -2.07. The Labute approximate surface area is 190 Å². The van der Waals surface area contributed by atoms with Crippen molar-refractivity contribution in [1.82, 2.24) is 4.68 Å². The van der Waals surface area contributed by atoms with Crippen LogP contribution in [0.1, 0.15) is 11.1 Å². The zero-order valence-corrected chi connectivity index (χ0v) is 18.6. The molecule has 8 heteroatoms. The Morgan fingerprint density at radius 2 is 1.65 bits per heavy atom. The van der Waals surface area contributed by atoms with Gasteiger partial charge in [0.2, 0.25) is 10.6 Å². The van der Waals surface area contributed by atoms with E-state index in [1.54, 1.807) is 4.68 Å². The fourth-order valence-corrected chi connectivity index (χ4v) is 4.24. The molecule has 0 saturated heterocycles. The maximum absolute atomic E-state index is 10.1. The second kappa shape index (κ2) is 9.20. The van der Waals surface area contributed by atoms with Crippen molar-refractivity contribution in [3.63, 3.8) is 0 Å². The molecule has 0 aliphatic rings. The topological polar surface area (TPSA) is 90.3 Å². The molecule has 0 unspecified atom stereocenters. The highest BCUT2D eigenvalue weighted by atomic mass is 79.9. The Balaban J connectivity index is 1.81. The number of phenolic OH excluding ortho intramolecular Hbond substituents is 3. The van der Waals surface area contributed by atoms with E-state index in [0.717, 1.165) is 21.3 Å². The van der Waals surface area contributed by atoms with E-state index in [4.69, 9.17) is 4.99 Å². The van der Waals surface area contributed by atoms with Gasteiger partial charge in [-0.05, 0) is 23.8 Å². The van der Waals surface area contributed by atoms with E-state index in [2.05, 4.69) is 21.0 Å². The zero-order valence-electron chi connectivity index (χ0n) is 16.2. The summed E-state index contributed by atoms with van der Waals surface area (Å²) in [5.74, 6) is -1.42. The van der Waals surface area contributed by atoms with Gasteiger partial charge in [0.1, 0.15) is 0 Å². The third-order valence-electron chi connectivity index (χ3n) is 4.55. The molecule has 0 saturated carbocycles. The van der Waals surface area contributed by atoms with Gasteiger partial charge in [-0.2, -0.15) is 5.10 Å². The van der Waals surface area contributed by atoms with Crippen LogP contribution >= 0.6 is 27.3 Å². The summed E-state index contributed by atoms with van der Waals surface area (Å²) in [7, 11) is 0. The third kappa shape index (κ3) is 4.55. The maximum Gasteiger partial charge on any atom is 0.206 e. The molecule has 0 aliphatic carbocycles. The van der Waals surface area contributed by atoms with Crippen LogP contribution in [0.2, 0.25) is 0 Å². The molecule has 1 aromatic heterocycles. The summed E-state index contributed by atoms with van der Waals surface area (Å²) in [6.45, 7) is 0.498. The molecule has 0 spiro atoms. The highest BCUT2D eigenvalue weighted by Crippen LogP contribution is 2.36. The lowest BCUT2D eigenvalue weighted by Crippen LogP contribution is -2.12. The summed E-state index contributed by atoms with van der Waals surface area (Å²) < 4.78 is 2.60. The van der Waals surface area contributed by atoms with Gasteiger partial charge in [0.15, 0.2) is 11.5 Å². The number of benzene rings is 3. The smallest absolute Gasteiger partial charge is 0.206 e. The molecule has 4 rings (SSSR count). The first-order chi connectivity index (χ1) is 15.0. The van der Waals surface area contributed by atoms with Crippen molar-refractivity contribution in [3.8, 4) is 28.5 Å². The fourth-order valence-electron chi connectivity index (χ4n) is 2.92. The van der Waals surface area contributed by atoms with Crippen LogP contribution in [-0.4, -0.2) is 26.2 Å². The SMILES string of the molecule is Oc1ccc(C=Nn2c(-c3ccccc3Br)csc2=NCc2ccccc2)c(O)c1O. The van der Waals surface area contributed by atoms with Crippen LogP contribution in [0, 0.1) is 0 Å². The second-order valence-electron chi connectivity index (χ2n) is 6.61. The Hall–Kier alpha value is -3.36. The number of rotatable bonds is 5.